The van der Waals surface area contributed by atoms with Crippen LogP contribution in [-0.2, 0) is 0 Å². The Kier molecular flexibility index (Phi) is 5.48. The summed E-state index contributed by atoms with van der Waals surface area (Å²) in [4.78, 5) is 0. The molecule has 1 N–H and O–H groups in total. The molecule has 1 atom stereocenters. The van der Waals surface area contributed by atoms with Crippen molar-refractivity contribution in [1.29, 1.82) is 0 Å². The highest BCUT2D eigenvalue weighted by Crippen LogP contribution is 2.40. The Morgan fingerprint density at radius 1 is 1.19 bits per heavy atom. The summed E-state index contributed by atoms with van der Waals surface area (Å²) in [5, 5.41) is 3.85. The van der Waals surface area contributed by atoms with Crippen molar-refractivity contribution in [2.45, 2.75) is 78.8 Å². The van der Waals surface area contributed by atoms with Gasteiger partial charge in [0.15, 0.2) is 0 Å². The predicted molar refractivity (Wildman–Crippen MR) is 92.5 cm³/mol. The highest BCUT2D eigenvalue weighted by atomic mass is 14.9. The van der Waals surface area contributed by atoms with Crippen molar-refractivity contribution in [3.63, 3.8) is 0 Å². The standard InChI is InChI=1S/C20H33N/c1-6-20(4,5)18-10-12-19(13-11-18)21-16(3)17-9-7-8-15(2)14-17/h7-9,14,16,18-19,21H,6,10-13H2,1-5H3/t16-,18?,19?/m1/s1. The molecule has 2 rings (SSSR count). The van der Waals surface area contributed by atoms with Crippen LogP contribution in [0.1, 0.15) is 77.0 Å². The van der Waals surface area contributed by atoms with Crippen LogP contribution in [0.2, 0.25) is 0 Å². The fraction of sp³-hybridized carbons (Fsp3) is 0.700. The lowest BCUT2D eigenvalue weighted by molar-refractivity contribution is 0.134. The van der Waals surface area contributed by atoms with Gasteiger partial charge in [0.1, 0.15) is 0 Å². The zero-order valence-corrected chi connectivity index (χ0v) is 14.6. The van der Waals surface area contributed by atoms with Gasteiger partial charge in [0.25, 0.3) is 0 Å². The van der Waals surface area contributed by atoms with E-state index in [1.165, 1.54) is 43.2 Å². The Balaban J connectivity index is 1.86. The summed E-state index contributed by atoms with van der Waals surface area (Å²) < 4.78 is 0. The number of nitrogens with one attached hydrogen (secondary N) is 1. The topological polar surface area (TPSA) is 12.0 Å². The van der Waals surface area contributed by atoms with Gasteiger partial charge in [-0.25, -0.2) is 0 Å². The average Bonchev–Trinajstić information content (AvgIpc) is 2.48. The molecule has 1 aliphatic rings. The van der Waals surface area contributed by atoms with Crippen molar-refractivity contribution < 1.29 is 0 Å². The van der Waals surface area contributed by atoms with Crippen LogP contribution in [0.15, 0.2) is 24.3 Å². The minimum atomic E-state index is 0.464. The summed E-state index contributed by atoms with van der Waals surface area (Å²) in [5.41, 5.74) is 3.30. The van der Waals surface area contributed by atoms with Gasteiger partial charge in [-0.3, -0.25) is 0 Å². The minimum Gasteiger partial charge on any atom is -0.307 e. The summed E-state index contributed by atoms with van der Waals surface area (Å²) in [6, 6.07) is 10.1. The van der Waals surface area contributed by atoms with Crippen LogP contribution in [0.25, 0.3) is 0 Å². The number of hydrogen-bond donors (Lipinski definition) is 1. The summed E-state index contributed by atoms with van der Waals surface area (Å²) in [6.45, 7) is 11.7. The van der Waals surface area contributed by atoms with E-state index >= 15 is 0 Å². The number of aryl methyl sites for hydroxylation is 1. The number of benzene rings is 1. The summed E-state index contributed by atoms with van der Waals surface area (Å²) in [5.74, 6) is 0.912. The lowest BCUT2D eigenvalue weighted by Crippen LogP contribution is -2.38. The predicted octanol–water partition coefficient (Wildman–Crippen LogP) is 5.64. The maximum atomic E-state index is 3.85. The average molecular weight is 287 g/mol. The van der Waals surface area contributed by atoms with E-state index in [1.54, 1.807) is 0 Å². The van der Waals surface area contributed by atoms with E-state index in [1.807, 2.05) is 0 Å². The molecule has 21 heavy (non-hydrogen) atoms. The molecule has 0 aromatic heterocycles. The van der Waals surface area contributed by atoms with Crippen molar-refractivity contribution >= 4 is 0 Å². The van der Waals surface area contributed by atoms with Crippen molar-refractivity contribution in [3.8, 4) is 0 Å². The van der Waals surface area contributed by atoms with E-state index < -0.39 is 0 Å². The maximum absolute atomic E-state index is 3.85. The third kappa shape index (κ3) is 4.32. The van der Waals surface area contributed by atoms with E-state index in [2.05, 4.69) is 64.2 Å². The summed E-state index contributed by atoms with van der Waals surface area (Å²) in [7, 11) is 0. The van der Waals surface area contributed by atoms with Crippen molar-refractivity contribution in [2.24, 2.45) is 11.3 Å². The third-order valence-corrected chi connectivity index (χ3v) is 5.77. The van der Waals surface area contributed by atoms with Crippen molar-refractivity contribution in [1.82, 2.24) is 5.32 Å². The van der Waals surface area contributed by atoms with Crippen LogP contribution in [0, 0.1) is 18.3 Å². The second kappa shape index (κ2) is 6.96. The third-order valence-electron chi connectivity index (χ3n) is 5.77. The Morgan fingerprint density at radius 2 is 1.86 bits per heavy atom. The van der Waals surface area contributed by atoms with Crippen LogP contribution in [0.4, 0.5) is 0 Å². The largest absolute Gasteiger partial charge is 0.307 e. The molecule has 0 saturated heterocycles. The molecular weight excluding hydrogens is 254 g/mol. The van der Waals surface area contributed by atoms with E-state index in [-0.39, 0.29) is 0 Å². The molecule has 1 nitrogen and oxygen atoms in total. The fourth-order valence-electron chi connectivity index (χ4n) is 3.72. The molecule has 0 amide bonds. The highest BCUT2D eigenvalue weighted by Gasteiger charge is 2.32. The van der Waals surface area contributed by atoms with Crippen LogP contribution >= 0.6 is 0 Å². The van der Waals surface area contributed by atoms with Gasteiger partial charge in [-0.05, 0) is 56.4 Å². The Morgan fingerprint density at radius 3 is 2.43 bits per heavy atom. The van der Waals surface area contributed by atoms with Gasteiger partial charge in [-0.2, -0.15) is 0 Å². The maximum Gasteiger partial charge on any atom is 0.0294 e. The van der Waals surface area contributed by atoms with E-state index in [0.29, 0.717) is 17.5 Å². The SMILES string of the molecule is CCC(C)(C)C1CCC(N[C@H](C)c2cccc(C)c2)CC1. The molecule has 1 saturated carbocycles. The van der Waals surface area contributed by atoms with Gasteiger partial charge in [0, 0.05) is 12.1 Å². The fourth-order valence-corrected chi connectivity index (χ4v) is 3.72. The molecular formula is C20H33N. The monoisotopic (exact) mass is 287 g/mol. The summed E-state index contributed by atoms with van der Waals surface area (Å²) >= 11 is 0. The van der Waals surface area contributed by atoms with Gasteiger partial charge >= 0.3 is 0 Å². The van der Waals surface area contributed by atoms with Gasteiger partial charge in [0.05, 0.1) is 0 Å². The quantitative estimate of drug-likeness (QED) is 0.739. The molecule has 1 aromatic rings. The number of hydrogen-bond acceptors (Lipinski definition) is 1. The molecule has 0 heterocycles. The van der Waals surface area contributed by atoms with Gasteiger partial charge in [-0.1, -0.05) is 57.0 Å². The van der Waals surface area contributed by atoms with Crippen molar-refractivity contribution in [3.05, 3.63) is 35.4 Å². The normalized spacial score (nSPS) is 24.8. The molecule has 1 heteroatoms. The van der Waals surface area contributed by atoms with Crippen molar-refractivity contribution in [2.75, 3.05) is 0 Å². The Bertz CT molecular complexity index is 441. The minimum absolute atomic E-state index is 0.464. The van der Waals surface area contributed by atoms with Crippen LogP contribution in [0.5, 0.6) is 0 Å². The second-order valence-corrected chi connectivity index (χ2v) is 7.69. The molecule has 0 spiro atoms. The molecule has 0 radical (unpaired) electrons. The molecule has 1 fully saturated rings. The molecule has 118 valence electrons. The first kappa shape index (κ1) is 16.5. The molecule has 0 bridgehead atoms. The first-order valence-corrected chi connectivity index (χ1v) is 8.75. The molecule has 0 unspecified atom stereocenters. The highest BCUT2D eigenvalue weighted by molar-refractivity contribution is 5.24. The first-order valence-electron chi connectivity index (χ1n) is 8.75. The van der Waals surface area contributed by atoms with Crippen LogP contribution < -0.4 is 5.32 Å². The zero-order chi connectivity index (χ0) is 15.5. The molecule has 1 aliphatic carbocycles. The molecule has 0 aliphatic heterocycles. The first-order chi connectivity index (χ1) is 9.92. The van der Waals surface area contributed by atoms with Crippen LogP contribution in [-0.4, -0.2) is 6.04 Å². The van der Waals surface area contributed by atoms with Crippen LogP contribution in [0.3, 0.4) is 0 Å². The summed E-state index contributed by atoms with van der Waals surface area (Å²) in [6.07, 6.45) is 6.75. The number of rotatable bonds is 5. The van der Waals surface area contributed by atoms with Gasteiger partial charge in [0.2, 0.25) is 0 Å². The molecule has 1 aromatic carbocycles. The second-order valence-electron chi connectivity index (χ2n) is 7.69. The lowest BCUT2D eigenvalue weighted by Gasteiger charge is -2.39. The van der Waals surface area contributed by atoms with E-state index in [9.17, 15) is 0 Å². The van der Waals surface area contributed by atoms with E-state index in [4.69, 9.17) is 0 Å². The van der Waals surface area contributed by atoms with Gasteiger partial charge < -0.3 is 5.32 Å². The lowest BCUT2D eigenvalue weighted by atomic mass is 9.69. The van der Waals surface area contributed by atoms with E-state index in [0.717, 1.165) is 5.92 Å². The zero-order valence-electron chi connectivity index (χ0n) is 14.6. The van der Waals surface area contributed by atoms with Gasteiger partial charge in [-0.15, -0.1) is 0 Å². The Hall–Kier alpha value is -0.820. The Labute approximate surface area is 131 Å². The smallest absolute Gasteiger partial charge is 0.0294 e.